The molecular formula is C13H14O8P2. The molecule has 2 rings (SSSR count). The second-order valence-electron chi connectivity index (χ2n) is 4.65. The van der Waals surface area contributed by atoms with E-state index in [2.05, 4.69) is 0 Å². The van der Waals surface area contributed by atoms with Gasteiger partial charge in [0.2, 0.25) is 0 Å². The topological polar surface area (TPSA) is 145 Å². The zero-order valence-corrected chi connectivity index (χ0v) is 13.6. The van der Waals surface area contributed by atoms with Crippen LogP contribution >= 0.6 is 15.2 Å². The molecule has 0 unspecified atom stereocenters. The molecule has 0 aromatic heterocycles. The normalized spacial score (nSPS) is 12.2. The first-order chi connectivity index (χ1) is 10.6. The van der Waals surface area contributed by atoms with E-state index < -0.39 is 20.2 Å². The third-order valence-electron chi connectivity index (χ3n) is 3.11. The van der Waals surface area contributed by atoms with Crippen LogP contribution in [-0.4, -0.2) is 31.8 Å². The van der Waals surface area contributed by atoms with Crippen molar-refractivity contribution in [3.05, 3.63) is 41.0 Å². The average Bonchev–Trinajstić information content (AvgIpc) is 2.44. The number of hydrogen-bond donors (Lipinski definition) is 5. The van der Waals surface area contributed by atoms with Gasteiger partial charge in [0.15, 0.2) is 16.6 Å². The van der Waals surface area contributed by atoms with Crippen molar-refractivity contribution < 1.29 is 38.5 Å². The van der Waals surface area contributed by atoms with Gasteiger partial charge in [-0.25, -0.2) is 0 Å². The first-order valence-corrected chi connectivity index (χ1v) is 9.41. The largest absolute Gasteiger partial charge is 0.504 e. The van der Waals surface area contributed by atoms with E-state index in [1.807, 2.05) is 0 Å². The molecule has 0 saturated heterocycles. The van der Waals surface area contributed by atoms with Gasteiger partial charge < -0.3 is 29.4 Å². The molecule has 0 fully saturated rings. The Labute approximate surface area is 131 Å². The highest BCUT2D eigenvalue weighted by atomic mass is 31.2. The van der Waals surface area contributed by atoms with Gasteiger partial charge in [-0.2, -0.15) is 0 Å². The predicted molar refractivity (Wildman–Crippen MR) is 84.2 cm³/mol. The maximum absolute atomic E-state index is 11.4. The summed E-state index contributed by atoms with van der Waals surface area (Å²) >= 11 is 0. The van der Waals surface area contributed by atoms with Crippen LogP contribution in [0, 0.1) is 0 Å². The molecule has 0 spiro atoms. The first-order valence-electron chi connectivity index (χ1n) is 6.18. The molecule has 0 bridgehead atoms. The van der Waals surface area contributed by atoms with Crippen LogP contribution in [0.3, 0.4) is 0 Å². The first kappa shape index (κ1) is 17.7. The molecule has 2 aromatic rings. The highest BCUT2D eigenvalue weighted by Gasteiger charge is 2.36. The Bertz CT molecular complexity index is 853. The van der Waals surface area contributed by atoms with E-state index in [0.717, 1.165) is 6.08 Å². The van der Waals surface area contributed by atoms with Crippen molar-refractivity contribution in [2.24, 2.45) is 0 Å². The molecule has 0 saturated carbocycles. The second-order valence-corrected chi connectivity index (χ2v) is 8.15. The summed E-state index contributed by atoms with van der Waals surface area (Å²) < 4.78 is 27.8. The third-order valence-corrected chi connectivity index (χ3v) is 6.13. The molecule has 8 nitrogen and oxygen atoms in total. The fourth-order valence-corrected chi connectivity index (χ4v) is 4.09. The van der Waals surface area contributed by atoms with Gasteiger partial charge in [-0.15, -0.1) is 0 Å². The van der Waals surface area contributed by atoms with Crippen LogP contribution in [0.25, 0.3) is 16.8 Å². The summed E-state index contributed by atoms with van der Waals surface area (Å²) in [6.45, 7) is 0. The Morgan fingerprint density at radius 2 is 1.57 bits per heavy atom. The van der Waals surface area contributed by atoms with Crippen molar-refractivity contribution in [2.45, 2.75) is 0 Å². The lowest BCUT2D eigenvalue weighted by Crippen LogP contribution is -1.91. The summed E-state index contributed by atoms with van der Waals surface area (Å²) in [4.78, 5) is 36.8. The molecule has 0 aliphatic rings. The molecule has 0 heterocycles. The van der Waals surface area contributed by atoms with Gasteiger partial charge in [0.05, 0.1) is 7.11 Å². The van der Waals surface area contributed by atoms with Gasteiger partial charge in [0.1, 0.15) is 0 Å². The lowest BCUT2D eigenvalue weighted by atomic mass is 10.0. The Balaban J connectivity index is 2.87. The quantitative estimate of drug-likeness (QED) is 0.522. The van der Waals surface area contributed by atoms with Crippen LogP contribution in [0.5, 0.6) is 11.5 Å². The lowest BCUT2D eigenvalue weighted by Gasteiger charge is -2.13. The van der Waals surface area contributed by atoms with Gasteiger partial charge >= 0.3 is 15.2 Å². The zero-order valence-electron chi connectivity index (χ0n) is 11.8. The standard InChI is InChI=1S/C13H14O8P2/c1-21-11-6-8(7-12(22(15,16)17)23(18,19)20)9-4-2-3-5-10(9)13(11)14/h2-7,14H,1H3,(H2,15,16,17)(H2,18,19,20). The van der Waals surface area contributed by atoms with Crippen LogP contribution < -0.4 is 4.74 Å². The Morgan fingerprint density at radius 3 is 2.04 bits per heavy atom. The molecule has 0 aliphatic carbocycles. The van der Waals surface area contributed by atoms with Gasteiger partial charge in [-0.05, 0) is 23.1 Å². The molecule has 10 heteroatoms. The fourth-order valence-electron chi connectivity index (χ4n) is 2.11. The summed E-state index contributed by atoms with van der Waals surface area (Å²) in [6, 6.07) is 7.56. The van der Waals surface area contributed by atoms with E-state index in [4.69, 9.17) is 4.74 Å². The van der Waals surface area contributed by atoms with Crippen LogP contribution in [0.1, 0.15) is 5.56 Å². The van der Waals surface area contributed by atoms with Crippen molar-refractivity contribution in [3.8, 4) is 11.5 Å². The Morgan fingerprint density at radius 1 is 1.04 bits per heavy atom. The summed E-state index contributed by atoms with van der Waals surface area (Å²) in [5.41, 5.74) is 0.0944. The predicted octanol–water partition coefficient (Wildman–Crippen LogP) is 2.21. The molecular weight excluding hydrogens is 346 g/mol. The fraction of sp³-hybridized carbons (Fsp3) is 0.0769. The van der Waals surface area contributed by atoms with Crippen LogP contribution in [0.4, 0.5) is 0 Å². The molecule has 2 aromatic carbocycles. The van der Waals surface area contributed by atoms with Crippen LogP contribution in [0.15, 0.2) is 35.4 Å². The van der Waals surface area contributed by atoms with Crippen LogP contribution in [0.2, 0.25) is 0 Å². The van der Waals surface area contributed by atoms with Crippen molar-refractivity contribution in [3.63, 3.8) is 0 Å². The summed E-state index contributed by atoms with van der Waals surface area (Å²) in [5, 5.41) is 9.44. The van der Waals surface area contributed by atoms with E-state index in [1.54, 1.807) is 18.2 Å². The maximum Gasteiger partial charge on any atom is 0.364 e. The molecule has 0 aliphatic heterocycles. The van der Waals surface area contributed by atoms with Crippen molar-refractivity contribution >= 4 is 32.0 Å². The lowest BCUT2D eigenvalue weighted by molar-refractivity contribution is 0.368. The van der Waals surface area contributed by atoms with Crippen molar-refractivity contribution in [1.82, 2.24) is 0 Å². The minimum atomic E-state index is -5.18. The van der Waals surface area contributed by atoms with E-state index in [9.17, 15) is 33.8 Å². The smallest absolute Gasteiger partial charge is 0.364 e. The maximum atomic E-state index is 11.4. The SMILES string of the molecule is COc1cc(C=C(P(=O)(O)O)P(=O)(O)O)c2ccccc2c1O. The van der Waals surface area contributed by atoms with E-state index >= 15 is 0 Å². The number of phenolic OH excluding ortho intramolecular Hbond substituents is 1. The van der Waals surface area contributed by atoms with Gasteiger partial charge in [-0.1, -0.05) is 24.3 Å². The summed E-state index contributed by atoms with van der Waals surface area (Å²) in [7, 11) is -9.08. The summed E-state index contributed by atoms with van der Waals surface area (Å²) in [6.07, 6.45) is 0.728. The minimum Gasteiger partial charge on any atom is -0.504 e. The van der Waals surface area contributed by atoms with Gasteiger partial charge in [0.25, 0.3) is 0 Å². The monoisotopic (exact) mass is 360 g/mol. The highest BCUT2D eigenvalue weighted by Crippen LogP contribution is 2.64. The number of rotatable bonds is 4. The number of ether oxygens (including phenoxy) is 1. The van der Waals surface area contributed by atoms with Crippen LogP contribution in [-0.2, 0) is 9.13 Å². The highest BCUT2D eigenvalue weighted by molar-refractivity contribution is 7.77. The number of phenols is 1. The number of methoxy groups -OCH3 is 1. The Hall–Kier alpha value is -1.66. The second kappa shape index (κ2) is 6.09. The molecule has 0 radical (unpaired) electrons. The Kier molecular flexibility index (Phi) is 4.69. The van der Waals surface area contributed by atoms with Crippen molar-refractivity contribution in [1.29, 1.82) is 0 Å². The molecule has 23 heavy (non-hydrogen) atoms. The molecule has 124 valence electrons. The molecule has 0 atom stereocenters. The minimum absolute atomic E-state index is 0.00530. The summed E-state index contributed by atoms with van der Waals surface area (Å²) in [5.74, 6) is -0.181. The van der Waals surface area contributed by atoms with E-state index in [0.29, 0.717) is 10.8 Å². The van der Waals surface area contributed by atoms with E-state index in [-0.39, 0.29) is 17.1 Å². The van der Waals surface area contributed by atoms with Gasteiger partial charge in [0, 0.05) is 5.39 Å². The average molecular weight is 360 g/mol. The number of fused-ring (bicyclic) bond motifs is 1. The number of hydrogen-bond acceptors (Lipinski definition) is 4. The van der Waals surface area contributed by atoms with Gasteiger partial charge in [-0.3, -0.25) is 9.13 Å². The number of benzene rings is 2. The molecule has 0 amide bonds. The third kappa shape index (κ3) is 3.64. The van der Waals surface area contributed by atoms with Crippen molar-refractivity contribution in [2.75, 3.05) is 7.11 Å². The van der Waals surface area contributed by atoms with E-state index in [1.165, 1.54) is 19.2 Å². The zero-order chi connectivity index (χ0) is 17.4. The number of aromatic hydroxyl groups is 1. The molecule has 5 N–H and O–H groups in total.